The van der Waals surface area contributed by atoms with Crippen LogP contribution in [0.15, 0.2) is 24.3 Å². The second kappa shape index (κ2) is 5.61. The third-order valence-corrected chi connectivity index (χ3v) is 3.58. The quantitative estimate of drug-likeness (QED) is 0.864. The summed E-state index contributed by atoms with van der Waals surface area (Å²) in [4.78, 5) is 24.8. The molecule has 104 valence electrons. The molecule has 0 aliphatic carbocycles. The highest BCUT2D eigenvalue weighted by molar-refractivity contribution is 6.30. The summed E-state index contributed by atoms with van der Waals surface area (Å²) in [6, 6.07) is 6.92. The first-order valence-corrected chi connectivity index (χ1v) is 6.32. The Kier molecular flexibility index (Phi) is 4.58. The number of carboxylic acids is 1. The molecule has 1 aromatic carbocycles. The number of hydrogen-bond acceptors (Lipinski definition) is 2. The summed E-state index contributed by atoms with van der Waals surface area (Å²) < 4.78 is 0. The first-order valence-electron chi connectivity index (χ1n) is 5.94. The van der Waals surface area contributed by atoms with Crippen molar-refractivity contribution >= 4 is 23.5 Å². The molecule has 19 heavy (non-hydrogen) atoms. The van der Waals surface area contributed by atoms with Gasteiger partial charge in [-0.3, -0.25) is 9.59 Å². The van der Waals surface area contributed by atoms with Crippen molar-refractivity contribution in [2.45, 2.75) is 26.8 Å². The van der Waals surface area contributed by atoms with E-state index < -0.39 is 17.3 Å². The molecule has 0 spiro atoms. The second-order valence-electron chi connectivity index (χ2n) is 5.07. The fourth-order valence-corrected chi connectivity index (χ4v) is 1.80. The number of halogens is 1. The van der Waals surface area contributed by atoms with Gasteiger partial charge in [0.1, 0.15) is 5.41 Å². The number of hydrogen-bond donors (Lipinski definition) is 1. The van der Waals surface area contributed by atoms with Crippen molar-refractivity contribution in [3.8, 4) is 0 Å². The fourth-order valence-electron chi connectivity index (χ4n) is 1.67. The molecule has 0 saturated heterocycles. The molecular formula is C14H18ClNO3. The third kappa shape index (κ3) is 3.26. The van der Waals surface area contributed by atoms with Crippen LogP contribution in [0.1, 0.15) is 32.4 Å². The molecule has 0 heterocycles. The molecule has 0 fully saturated rings. The molecule has 0 bridgehead atoms. The summed E-state index contributed by atoms with van der Waals surface area (Å²) >= 11 is 5.81. The van der Waals surface area contributed by atoms with Crippen molar-refractivity contribution in [3.05, 3.63) is 34.9 Å². The first-order chi connectivity index (χ1) is 8.67. The number of carboxylic acid groups (broad SMARTS) is 1. The van der Waals surface area contributed by atoms with E-state index in [-0.39, 0.29) is 6.04 Å². The lowest BCUT2D eigenvalue weighted by Gasteiger charge is -2.31. The highest BCUT2D eigenvalue weighted by Gasteiger charge is 2.39. The predicted octanol–water partition coefficient (Wildman–Crippen LogP) is 2.97. The Balaban J connectivity index is 2.94. The minimum Gasteiger partial charge on any atom is -0.480 e. The maximum Gasteiger partial charge on any atom is 0.318 e. The van der Waals surface area contributed by atoms with E-state index in [9.17, 15) is 9.59 Å². The van der Waals surface area contributed by atoms with Crippen LogP contribution in [-0.2, 0) is 9.59 Å². The highest BCUT2D eigenvalue weighted by atomic mass is 35.5. The zero-order chi connectivity index (χ0) is 14.8. The Labute approximate surface area is 118 Å². The van der Waals surface area contributed by atoms with E-state index in [1.165, 1.54) is 18.7 Å². The van der Waals surface area contributed by atoms with Gasteiger partial charge in [-0.2, -0.15) is 0 Å². The Bertz CT molecular complexity index is 482. The van der Waals surface area contributed by atoms with Gasteiger partial charge >= 0.3 is 5.97 Å². The van der Waals surface area contributed by atoms with E-state index in [0.29, 0.717) is 5.02 Å². The van der Waals surface area contributed by atoms with Gasteiger partial charge in [-0.1, -0.05) is 23.7 Å². The average molecular weight is 284 g/mol. The number of carbonyl (C=O) groups is 2. The summed E-state index contributed by atoms with van der Waals surface area (Å²) in [5, 5.41) is 9.71. The molecule has 1 amide bonds. The smallest absolute Gasteiger partial charge is 0.318 e. The third-order valence-electron chi connectivity index (χ3n) is 3.32. The summed E-state index contributed by atoms with van der Waals surface area (Å²) in [6.45, 7) is 4.66. The van der Waals surface area contributed by atoms with Crippen LogP contribution in [0, 0.1) is 5.41 Å². The zero-order valence-corrected chi connectivity index (χ0v) is 12.2. The molecule has 1 aromatic rings. The average Bonchev–Trinajstić information content (AvgIpc) is 2.36. The molecule has 0 aliphatic rings. The minimum atomic E-state index is -1.44. The van der Waals surface area contributed by atoms with Gasteiger partial charge in [0.25, 0.3) is 0 Å². The molecule has 0 radical (unpaired) electrons. The van der Waals surface area contributed by atoms with Gasteiger partial charge in [-0.05, 0) is 38.5 Å². The molecular weight excluding hydrogens is 266 g/mol. The summed E-state index contributed by atoms with van der Waals surface area (Å²) in [5.74, 6) is -1.56. The van der Waals surface area contributed by atoms with Gasteiger partial charge in [-0.15, -0.1) is 0 Å². The first kappa shape index (κ1) is 15.5. The number of carbonyl (C=O) groups excluding carboxylic acids is 1. The van der Waals surface area contributed by atoms with E-state index >= 15 is 0 Å². The van der Waals surface area contributed by atoms with Crippen LogP contribution < -0.4 is 0 Å². The van der Waals surface area contributed by atoms with Crippen molar-refractivity contribution < 1.29 is 14.7 Å². The zero-order valence-electron chi connectivity index (χ0n) is 11.5. The van der Waals surface area contributed by atoms with Crippen LogP contribution >= 0.6 is 11.6 Å². The Morgan fingerprint density at radius 3 is 2.16 bits per heavy atom. The SMILES string of the molecule is CC(c1ccc(Cl)cc1)N(C)C(=O)C(C)(C)C(=O)O. The van der Waals surface area contributed by atoms with Crippen LogP contribution in [0.25, 0.3) is 0 Å². The van der Waals surface area contributed by atoms with Gasteiger partial charge in [0.15, 0.2) is 0 Å². The van der Waals surface area contributed by atoms with Crippen LogP contribution in [0.5, 0.6) is 0 Å². The monoisotopic (exact) mass is 283 g/mol. The van der Waals surface area contributed by atoms with Gasteiger partial charge in [0.05, 0.1) is 6.04 Å². The lowest BCUT2D eigenvalue weighted by atomic mass is 9.91. The molecule has 5 heteroatoms. The van der Waals surface area contributed by atoms with Crippen molar-refractivity contribution in [3.63, 3.8) is 0 Å². The van der Waals surface area contributed by atoms with E-state index in [2.05, 4.69) is 0 Å². The fraction of sp³-hybridized carbons (Fsp3) is 0.429. The molecule has 0 saturated carbocycles. The van der Waals surface area contributed by atoms with E-state index in [0.717, 1.165) is 5.56 Å². The normalized spacial score (nSPS) is 12.9. The summed E-state index contributed by atoms with van der Waals surface area (Å²) in [7, 11) is 1.60. The van der Waals surface area contributed by atoms with E-state index in [1.54, 1.807) is 19.2 Å². The topological polar surface area (TPSA) is 57.6 Å². The van der Waals surface area contributed by atoms with Crippen LogP contribution in [0.3, 0.4) is 0 Å². The standard InChI is InChI=1S/C14H18ClNO3/c1-9(10-5-7-11(15)8-6-10)16(4)12(17)14(2,3)13(18)19/h5-9H,1-4H3,(H,18,19). The Morgan fingerprint density at radius 2 is 1.74 bits per heavy atom. The van der Waals surface area contributed by atoms with Crippen molar-refractivity contribution in [2.75, 3.05) is 7.05 Å². The summed E-state index contributed by atoms with van der Waals surface area (Å²) in [6.07, 6.45) is 0. The maximum atomic E-state index is 12.2. The van der Waals surface area contributed by atoms with Crippen molar-refractivity contribution in [1.29, 1.82) is 0 Å². The molecule has 1 N–H and O–H groups in total. The largest absolute Gasteiger partial charge is 0.480 e. The highest BCUT2D eigenvalue weighted by Crippen LogP contribution is 2.26. The Hall–Kier alpha value is -1.55. The Morgan fingerprint density at radius 1 is 1.26 bits per heavy atom. The molecule has 1 unspecified atom stereocenters. The van der Waals surface area contributed by atoms with Crippen LogP contribution in [-0.4, -0.2) is 28.9 Å². The van der Waals surface area contributed by atoms with Gasteiger partial charge < -0.3 is 10.0 Å². The number of benzene rings is 1. The lowest BCUT2D eigenvalue weighted by molar-refractivity contribution is -0.158. The van der Waals surface area contributed by atoms with Crippen molar-refractivity contribution in [1.82, 2.24) is 4.90 Å². The van der Waals surface area contributed by atoms with Gasteiger partial charge in [0.2, 0.25) is 5.91 Å². The number of rotatable bonds is 4. The van der Waals surface area contributed by atoms with E-state index in [4.69, 9.17) is 16.7 Å². The molecule has 1 atom stereocenters. The predicted molar refractivity (Wildman–Crippen MR) is 74.1 cm³/mol. The minimum absolute atomic E-state index is 0.219. The van der Waals surface area contributed by atoms with E-state index in [1.807, 2.05) is 19.1 Å². The van der Waals surface area contributed by atoms with Gasteiger partial charge in [0, 0.05) is 12.1 Å². The number of aliphatic carboxylic acids is 1. The van der Waals surface area contributed by atoms with Crippen LogP contribution in [0.4, 0.5) is 0 Å². The molecule has 1 rings (SSSR count). The number of nitrogens with zero attached hydrogens (tertiary/aromatic N) is 1. The molecule has 0 aliphatic heterocycles. The molecule has 0 aromatic heterocycles. The number of amides is 1. The maximum absolute atomic E-state index is 12.2. The second-order valence-corrected chi connectivity index (χ2v) is 5.51. The van der Waals surface area contributed by atoms with Crippen molar-refractivity contribution in [2.24, 2.45) is 5.41 Å². The van der Waals surface area contributed by atoms with Crippen LogP contribution in [0.2, 0.25) is 5.02 Å². The molecule has 4 nitrogen and oxygen atoms in total. The summed E-state index contributed by atoms with van der Waals surface area (Å²) in [5.41, 5.74) is -0.531. The lowest BCUT2D eigenvalue weighted by Crippen LogP contribution is -2.44. The van der Waals surface area contributed by atoms with Gasteiger partial charge in [-0.25, -0.2) is 0 Å².